The number of piperidine rings is 1. The Kier molecular flexibility index (Phi) is 4.87. The lowest BCUT2D eigenvalue weighted by Gasteiger charge is -2.32. The third-order valence-corrected chi connectivity index (χ3v) is 3.58. The van der Waals surface area contributed by atoms with Crippen molar-refractivity contribution in [3.63, 3.8) is 0 Å². The number of hydrogen-bond donors (Lipinski definition) is 2. The van der Waals surface area contributed by atoms with Crippen molar-refractivity contribution in [2.45, 2.75) is 18.9 Å². The van der Waals surface area contributed by atoms with Gasteiger partial charge >= 0.3 is 0 Å². The molecule has 19 heavy (non-hydrogen) atoms. The Morgan fingerprint density at radius 1 is 1.53 bits per heavy atom. The Hall–Kier alpha value is -1.46. The van der Waals surface area contributed by atoms with Gasteiger partial charge in [-0.2, -0.15) is 0 Å². The topological polar surface area (TPSA) is 65.5 Å². The fourth-order valence-corrected chi connectivity index (χ4v) is 2.37. The van der Waals surface area contributed by atoms with Crippen LogP contribution >= 0.6 is 0 Å². The SMILES string of the molecule is CN1CC[C@@H](O)[C@H](C(=O)NCCc2ccncc2)C1. The number of likely N-dealkylation sites (tertiary alicyclic amines) is 1. The van der Waals surface area contributed by atoms with Gasteiger partial charge in [0.05, 0.1) is 12.0 Å². The van der Waals surface area contributed by atoms with Crippen molar-refractivity contribution in [2.24, 2.45) is 5.92 Å². The number of nitrogens with zero attached hydrogens (tertiary/aromatic N) is 2. The van der Waals surface area contributed by atoms with Crippen LogP contribution in [0.1, 0.15) is 12.0 Å². The minimum Gasteiger partial charge on any atom is -0.392 e. The quantitative estimate of drug-likeness (QED) is 0.806. The summed E-state index contributed by atoms with van der Waals surface area (Å²) >= 11 is 0. The Morgan fingerprint density at radius 3 is 3.00 bits per heavy atom. The largest absolute Gasteiger partial charge is 0.392 e. The first-order valence-electron chi connectivity index (χ1n) is 6.70. The molecule has 1 aliphatic heterocycles. The van der Waals surface area contributed by atoms with Crippen LogP contribution in [0.2, 0.25) is 0 Å². The summed E-state index contributed by atoms with van der Waals surface area (Å²) in [5.41, 5.74) is 1.15. The highest BCUT2D eigenvalue weighted by atomic mass is 16.3. The molecule has 1 amide bonds. The molecule has 1 aromatic heterocycles. The van der Waals surface area contributed by atoms with Gasteiger partial charge in [-0.05, 0) is 37.6 Å². The van der Waals surface area contributed by atoms with E-state index >= 15 is 0 Å². The van der Waals surface area contributed by atoms with Gasteiger partial charge in [0.25, 0.3) is 0 Å². The molecule has 2 rings (SSSR count). The van der Waals surface area contributed by atoms with Crippen LogP contribution in [0.15, 0.2) is 24.5 Å². The summed E-state index contributed by atoms with van der Waals surface area (Å²) in [5.74, 6) is -0.357. The summed E-state index contributed by atoms with van der Waals surface area (Å²) in [7, 11) is 1.98. The second-order valence-corrected chi connectivity index (χ2v) is 5.12. The lowest BCUT2D eigenvalue weighted by atomic mass is 9.94. The number of nitrogens with one attached hydrogen (secondary N) is 1. The summed E-state index contributed by atoms with van der Waals surface area (Å²) in [4.78, 5) is 18.1. The lowest BCUT2D eigenvalue weighted by molar-refractivity contribution is -0.131. The fraction of sp³-hybridized carbons (Fsp3) is 0.571. The van der Waals surface area contributed by atoms with Crippen molar-refractivity contribution in [3.05, 3.63) is 30.1 Å². The van der Waals surface area contributed by atoms with Gasteiger partial charge in [0.15, 0.2) is 0 Å². The van der Waals surface area contributed by atoms with Gasteiger partial charge in [-0.25, -0.2) is 0 Å². The highest BCUT2D eigenvalue weighted by Crippen LogP contribution is 2.16. The zero-order chi connectivity index (χ0) is 13.7. The van der Waals surface area contributed by atoms with E-state index in [2.05, 4.69) is 15.2 Å². The van der Waals surface area contributed by atoms with Gasteiger partial charge in [0.1, 0.15) is 0 Å². The zero-order valence-electron chi connectivity index (χ0n) is 11.2. The highest BCUT2D eigenvalue weighted by Gasteiger charge is 2.31. The van der Waals surface area contributed by atoms with Crippen molar-refractivity contribution in [3.8, 4) is 0 Å². The number of pyridine rings is 1. The molecule has 0 unspecified atom stereocenters. The maximum absolute atomic E-state index is 12.0. The molecule has 2 N–H and O–H groups in total. The molecular weight excluding hydrogens is 242 g/mol. The van der Waals surface area contributed by atoms with E-state index in [1.54, 1.807) is 12.4 Å². The fourth-order valence-electron chi connectivity index (χ4n) is 2.37. The molecule has 0 spiro atoms. The molecule has 0 bridgehead atoms. The van der Waals surface area contributed by atoms with Gasteiger partial charge in [0, 0.05) is 32.0 Å². The predicted octanol–water partition coefficient (Wildman–Crippen LogP) is 0.0529. The molecule has 0 saturated carbocycles. The molecule has 0 aromatic carbocycles. The summed E-state index contributed by atoms with van der Waals surface area (Å²) < 4.78 is 0. The molecular formula is C14H21N3O2. The van der Waals surface area contributed by atoms with Crippen LogP contribution in [0, 0.1) is 5.92 Å². The van der Waals surface area contributed by atoms with E-state index in [1.807, 2.05) is 19.2 Å². The minimum absolute atomic E-state index is 0.0480. The summed E-state index contributed by atoms with van der Waals surface area (Å²) in [6.07, 6.45) is 4.43. The van der Waals surface area contributed by atoms with Crippen LogP contribution in [0.3, 0.4) is 0 Å². The van der Waals surface area contributed by atoms with Gasteiger partial charge in [-0.15, -0.1) is 0 Å². The van der Waals surface area contributed by atoms with Crippen LogP contribution in [-0.2, 0) is 11.2 Å². The van der Waals surface area contributed by atoms with E-state index in [9.17, 15) is 9.90 Å². The molecule has 0 radical (unpaired) electrons. The first-order chi connectivity index (χ1) is 9.16. The average molecular weight is 263 g/mol. The molecule has 1 saturated heterocycles. The van der Waals surface area contributed by atoms with Crippen molar-refractivity contribution in [1.29, 1.82) is 0 Å². The van der Waals surface area contributed by atoms with E-state index in [4.69, 9.17) is 0 Å². The Balaban J connectivity index is 1.77. The maximum Gasteiger partial charge on any atom is 0.227 e. The van der Waals surface area contributed by atoms with Gasteiger partial charge < -0.3 is 15.3 Å². The smallest absolute Gasteiger partial charge is 0.227 e. The van der Waals surface area contributed by atoms with Crippen molar-refractivity contribution in [2.75, 3.05) is 26.7 Å². The van der Waals surface area contributed by atoms with Crippen molar-refractivity contribution < 1.29 is 9.90 Å². The van der Waals surface area contributed by atoms with Gasteiger partial charge in [-0.3, -0.25) is 9.78 Å². The molecule has 2 heterocycles. The van der Waals surface area contributed by atoms with E-state index in [0.29, 0.717) is 19.5 Å². The molecule has 2 atom stereocenters. The van der Waals surface area contributed by atoms with Crippen molar-refractivity contribution in [1.82, 2.24) is 15.2 Å². The summed E-state index contributed by atoms with van der Waals surface area (Å²) in [6.45, 7) is 2.07. The molecule has 5 nitrogen and oxygen atoms in total. The summed E-state index contributed by atoms with van der Waals surface area (Å²) in [6, 6.07) is 3.88. The number of aliphatic hydroxyl groups excluding tert-OH is 1. The van der Waals surface area contributed by atoms with Crippen LogP contribution in [0.4, 0.5) is 0 Å². The number of aromatic nitrogens is 1. The molecule has 1 fully saturated rings. The normalized spacial score (nSPS) is 24.1. The predicted molar refractivity (Wildman–Crippen MR) is 72.6 cm³/mol. The van der Waals surface area contributed by atoms with Crippen LogP contribution < -0.4 is 5.32 Å². The number of amides is 1. The number of rotatable bonds is 4. The van der Waals surface area contributed by atoms with E-state index in [0.717, 1.165) is 18.5 Å². The van der Waals surface area contributed by atoms with E-state index in [-0.39, 0.29) is 11.8 Å². The van der Waals surface area contributed by atoms with E-state index < -0.39 is 6.10 Å². The highest BCUT2D eigenvalue weighted by molar-refractivity contribution is 5.79. The second-order valence-electron chi connectivity index (χ2n) is 5.12. The Bertz CT molecular complexity index is 410. The van der Waals surface area contributed by atoms with Crippen LogP contribution in [0.5, 0.6) is 0 Å². The lowest BCUT2D eigenvalue weighted by Crippen LogP contribution is -2.49. The van der Waals surface area contributed by atoms with Crippen LogP contribution in [0.25, 0.3) is 0 Å². The molecule has 5 heteroatoms. The first kappa shape index (κ1) is 14.0. The standard InChI is InChI=1S/C14H21N3O2/c1-17-9-5-13(18)12(10-17)14(19)16-8-4-11-2-6-15-7-3-11/h2-3,6-7,12-13,18H,4-5,8-10H2,1H3,(H,16,19)/t12-,13-/m1/s1. The monoisotopic (exact) mass is 263 g/mol. The number of hydrogen-bond acceptors (Lipinski definition) is 4. The Morgan fingerprint density at radius 2 is 2.26 bits per heavy atom. The molecule has 104 valence electrons. The molecule has 1 aliphatic rings. The van der Waals surface area contributed by atoms with Gasteiger partial charge in [-0.1, -0.05) is 0 Å². The van der Waals surface area contributed by atoms with Crippen molar-refractivity contribution >= 4 is 5.91 Å². The maximum atomic E-state index is 12.0. The van der Waals surface area contributed by atoms with Gasteiger partial charge in [0.2, 0.25) is 5.91 Å². The third kappa shape index (κ3) is 4.01. The molecule has 0 aliphatic carbocycles. The zero-order valence-corrected chi connectivity index (χ0v) is 11.2. The minimum atomic E-state index is -0.517. The van der Waals surface area contributed by atoms with Crippen LogP contribution in [-0.4, -0.2) is 53.7 Å². The molecule has 1 aromatic rings. The number of carbonyl (C=O) groups is 1. The number of aliphatic hydroxyl groups is 1. The number of carbonyl (C=O) groups excluding carboxylic acids is 1. The van der Waals surface area contributed by atoms with E-state index in [1.165, 1.54) is 0 Å². The second kappa shape index (κ2) is 6.63. The average Bonchev–Trinajstić information content (AvgIpc) is 2.42. The Labute approximate surface area is 113 Å². The third-order valence-electron chi connectivity index (χ3n) is 3.58. The first-order valence-corrected chi connectivity index (χ1v) is 6.70. The summed E-state index contributed by atoms with van der Waals surface area (Å²) in [5, 5.41) is 12.8.